The third-order valence-electron chi connectivity index (χ3n) is 6.50. The molecule has 2 aromatic carbocycles. The lowest BCUT2D eigenvalue weighted by Gasteiger charge is -2.22. The third kappa shape index (κ3) is 5.57. The van der Waals surface area contributed by atoms with Gasteiger partial charge in [-0.1, -0.05) is 35.3 Å². The summed E-state index contributed by atoms with van der Waals surface area (Å²) in [5.74, 6) is 0. The highest BCUT2D eigenvalue weighted by molar-refractivity contribution is 6.36. The predicted molar refractivity (Wildman–Crippen MR) is 158 cm³/mol. The van der Waals surface area contributed by atoms with Gasteiger partial charge in [-0.15, -0.1) is 5.53 Å². The molecule has 0 bridgehead atoms. The summed E-state index contributed by atoms with van der Waals surface area (Å²) in [5.41, 5.74) is 13.5. The summed E-state index contributed by atoms with van der Waals surface area (Å²) < 4.78 is 0. The molecule has 1 atom stereocenters. The standard InChI is InChI=1S/C29H28Cl2N8/c1-16(2)39-15-26(37-38-39)28(19-7-17(3)12-33-13-19)36-22-8-23-27(35-21-6-5-18(4)24(30)9-21)20(11-32)14-34-29(23)25(31)10-22/h5-10,12-16,28,36-38H,1-4H3,(H,34,35)/t28-/m0/s1. The Bertz CT molecular complexity index is 1630. The van der Waals surface area contributed by atoms with E-state index < -0.39 is 0 Å². The minimum Gasteiger partial charge on any atom is -0.373 e. The first kappa shape index (κ1) is 26.6. The summed E-state index contributed by atoms with van der Waals surface area (Å²) in [4.78, 5) is 8.90. The first-order valence-electron chi connectivity index (χ1n) is 12.5. The summed E-state index contributed by atoms with van der Waals surface area (Å²) in [6.45, 7) is 8.16. The largest absolute Gasteiger partial charge is 0.373 e. The van der Waals surface area contributed by atoms with Gasteiger partial charge in [-0.05, 0) is 68.7 Å². The van der Waals surface area contributed by atoms with Gasteiger partial charge in [0.2, 0.25) is 0 Å². The maximum absolute atomic E-state index is 9.89. The summed E-state index contributed by atoms with van der Waals surface area (Å²) in [7, 11) is 0. The predicted octanol–water partition coefficient (Wildman–Crippen LogP) is 6.90. The highest BCUT2D eigenvalue weighted by atomic mass is 35.5. The Morgan fingerprint density at radius 3 is 2.49 bits per heavy atom. The van der Waals surface area contributed by atoms with Gasteiger partial charge in [0.15, 0.2) is 0 Å². The van der Waals surface area contributed by atoms with Gasteiger partial charge >= 0.3 is 0 Å². The van der Waals surface area contributed by atoms with Crippen LogP contribution in [0.15, 0.2) is 66.9 Å². The molecule has 2 aromatic heterocycles. The second-order valence-electron chi connectivity index (χ2n) is 9.80. The lowest BCUT2D eigenvalue weighted by Crippen LogP contribution is -2.41. The number of rotatable bonds is 7. The summed E-state index contributed by atoms with van der Waals surface area (Å²) in [5, 5.41) is 20.7. The molecule has 0 radical (unpaired) electrons. The van der Waals surface area contributed by atoms with Gasteiger partial charge in [0, 0.05) is 52.6 Å². The van der Waals surface area contributed by atoms with Crippen molar-refractivity contribution in [1.82, 2.24) is 25.9 Å². The Hall–Kier alpha value is -4.03. The zero-order valence-electron chi connectivity index (χ0n) is 22.0. The maximum Gasteiger partial charge on any atom is 0.103 e. The van der Waals surface area contributed by atoms with E-state index in [-0.39, 0.29) is 12.1 Å². The minimum atomic E-state index is -0.262. The van der Waals surface area contributed by atoms with Gasteiger partial charge < -0.3 is 16.1 Å². The number of pyridine rings is 2. The van der Waals surface area contributed by atoms with Crippen molar-refractivity contribution < 1.29 is 0 Å². The number of nitriles is 1. The normalized spacial score (nSPS) is 13.7. The van der Waals surface area contributed by atoms with Crippen molar-refractivity contribution in [3.05, 3.63) is 99.2 Å². The molecule has 3 heterocycles. The second-order valence-corrected chi connectivity index (χ2v) is 10.6. The molecule has 0 unspecified atom stereocenters. The molecule has 4 aromatic rings. The second kappa shape index (κ2) is 11.0. The zero-order chi connectivity index (χ0) is 27.7. The van der Waals surface area contributed by atoms with E-state index in [0.717, 1.165) is 33.8 Å². The van der Waals surface area contributed by atoms with E-state index in [9.17, 15) is 5.26 Å². The van der Waals surface area contributed by atoms with Crippen LogP contribution >= 0.6 is 23.2 Å². The topological polar surface area (TPSA) is 101 Å². The average molecular weight is 560 g/mol. The third-order valence-corrected chi connectivity index (χ3v) is 7.20. The number of hydrazine groups is 2. The molecule has 5 rings (SSSR count). The van der Waals surface area contributed by atoms with Gasteiger partial charge in [0.05, 0.1) is 33.5 Å². The van der Waals surface area contributed by atoms with Crippen molar-refractivity contribution in [2.45, 2.75) is 39.8 Å². The molecule has 0 amide bonds. The fourth-order valence-corrected chi connectivity index (χ4v) is 4.84. The first-order valence-corrected chi connectivity index (χ1v) is 13.2. The van der Waals surface area contributed by atoms with Gasteiger partial charge in [-0.2, -0.15) is 5.26 Å². The fraction of sp³-hybridized carbons (Fsp3) is 0.207. The van der Waals surface area contributed by atoms with E-state index in [2.05, 4.69) is 57.5 Å². The molecule has 0 fully saturated rings. The molecule has 8 nitrogen and oxygen atoms in total. The first-order chi connectivity index (χ1) is 18.7. The average Bonchev–Trinajstić information content (AvgIpc) is 3.40. The Balaban J connectivity index is 1.60. The summed E-state index contributed by atoms with van der Waals surface area (Å²) in [6, 6.07) is 13.8. The molecule has 0 spiro atoms. The number of hydrogen-bond donors (Lipinski definition) is 4. The van der Waals surface area contributed by atoms with Crippen LogP contribution < -0.4 is 21.6 Å². The van der Waals surface area contributed by atoms with Crippen molar-refractivity contribution in [2.75, 3.05) is 10.6 Å². The number of fused-ring (bicyclic) bond motifs is 1. The van der Waals surface area contributed by atoms with Crippen molar-refractivity contribution in [3.8, 4) is 6.07 Å². The number of nitrogens with zero attached hydrogens (tertiary/aromatic N) is 4. The van der Waals surface area contributed by atoms with Crippen molar-refractivity contribution in [1.29, 1.82) is 5.26 Å². The minimum absolute atomic E-state index is 0.251. The monoisotopic (exact) mass is 558 g/mol. The molecule has 0 saturated carbocycles. The van der Waals surface area contributed by atoms with E-state index in [1.165, 1.54) is 6.20 Å². The number of aryl methyl sites for hydroxylation is 2. The lowest BCUT2D eigenvalue weighted by molar-refractivity contribution is 0.221. The molecule has 1 aliphatic heterocycles. The van der Waals surface area contributed by atoms with Crippen LogP contribution in [0.1, 0.15) is 42.1 Å². The molecule has 0 saturated heterocycles. The van der Waals surface area contributed by atoms with Gasteiger partial charge in [0.25, 0.3) is 0 Å². The van der Waals surface area contributed by atoms with E-state index in [4.69, 9.17) is 23.2 Å². The number of benzene rings is 2. The molecular weight excluding hydrogens is 531 g/mol. The zero-order valence-corrected chi connectivity index (χ0v) is 23.5. The van der Waals surface area contributed by atoms with Crippen molar-refractivity contribution >= 4 is 51.2 Å². The quantitative estimate of drug-likeness (QED) is 0.194. The summed E-state index contributed by atoms with van der Waals surface area (Å²) in [6.07, 6.45) is 7.24. The number of halogens is 2. The van der Waals surface area contributed by atoms with Crippen LogP contribution in [0.4, 0.5) is 17.1 Å². The van der Waals surface area contributed by atoms with Crippen molar-refractivity contribution in [3.63, 3.8) is 0 Å². The molecule has 39 heavy (non-hydrogen) atoms. The van der Waals surface area contributed by atoms with E-state index >= 15 is 0 Å². The number of anilines is 3. The van der Waals surface area contributed by atoms with E-state index in [1.807, 2.05) is 67.8 Å². The van der Waals surface area contributed by atoms with Crippen LogP contribution in [-0.2, 0) is 0 Å². The molecule has 4 N–H and O–H groups in total. The van der Waals surface area contributed by atoms with Crippen LogP contribution in [0.2, 0.25) is 10.0 Å². The van der Waals surface area contributed by atoms with Gasteiger partial charge in [-0.25, -0.2) is 0 Å². The highest BCUT2D eigenvalue weighted by Gasteiger charge is 2.24. The van der Waals surface area contributed by atoms with Gasteiger partial charge in [-0.3, -0.25) is 15.0 Å². The van der Waals surface area contributed by atoms with E-state index in [0.29, 0.717) is 32.2 Å². The van der Waals surface area contributed by atoms with Gasteiger partial charge in [0.1, 0.15) is 6.07 Å². The molecule has 10 heteroatoms. The smallest absolute Gasteiger partial charge is 0.103 e. The summed E-state index contributed by atoms with van der Waals surface area (Å²) >= 11 is 13.1. The maximum atomic E-state index is 9.89. The van der Waals surface area contributed by atoms with Crippen LogP contribution in [-0.4, -0.2) is 21.0 Å². The number of aromatic nitrogens is 2. The highest BCUT2D eigenvalue weighted by Crippen LogP contribution is 2.37. The molecular formula is C29H28Cl2N8. The van der Waals surface area contributed by atoms with E-state index in [1.54, 1.807) is 0 Å². The molecule has 0 aliphatic carbocycles. The Morgan fingerprint density at radius 2 is 1.79 bits per heavy atom. The fourth-order valence-electron chi connectivity index (χ4n) is 4.39. The Labute approximate surface area is 237 Å². The van der Waals surface area contributed by atoms with Crippen LogP contribution in [0.5, 0.6) is 0 Å². The Kier molecular flexibility index (Phi) is 7.49. The Morgan fingerprint density at radius 1 is 1.00 bits per heavy atom. The lowest BCUT2D eigenvalue weighted by atomic mass is 10.0. The van der Waals surface area contributed by atoms with Crippen molar-refractivity contribution in [2.24, 2.45) is 0 Å². The SMILES string of the molecule is Cc1cncc([C@H](Nc2cc(Cl)c3ncc(C#N)c(Nc4ccc(C)c(Cl)c4)c3c2)C2=CN(C(C)C)NN2)c1. The van der Waals surface area contributed by atoms with Crippen LogP contribution in [0, 0.1) is 25.2 Å². The number of nitrogens with one attached hydrogen (secondary N) is 4. The van der Waals surface area contributed by atoms with Crippen LogP contribution in [0.3, 0.4) is 0 Å². The van der Waals surface area contributed by atoms with Crippen LogP contribution in [0.25, 0.3) is 10.9 Å². The molecule has 1 aliphatic rings. The number of hydrogen-bond acceptors (Lipinski definition) is 8. The molecule has 198 valence electrons.